The van der Waals surface area contributed by atoms with Crippen LogP contribution in [0.2, 0.25) is 0 Å². The van der Waals surface area contributed by atoms with Crippen molar-refractivity contribution in [3.8, 4) is 0 Å². The van der Waals surface area contributed by atoms with Gasteiger partial charge in [-0.05, 0) is 24.5 Å². The fraction of sp³-hybridized carbons (Fsp3) is 0.462. The molecule has 8 heteroatoms. The number of rotatable bonds is 3. The van der Waals surface area contributed by atoms with E-state index in [0.717, 1.165) is 18.7 Å². The molecule has 21 heavy (non-hydrogen) atoms. The van der Waals surface area contributed by atoms with E-state index in [2.05, 4.69) is 15.5 Å². The second-order valence-corrected chi connectivity index (χ2v) is 5.30. The highest BCUT2D eigenvalue weighted by Gasteiger charge is 2.39. The Morgan fingerprint density at radius 1 is 1.43 bits per heavy atom. The summed E-state index contributed by atoms with van der Waals surface area (Å²) in [4.78, 5) is 11.7. The maximum atomic E-state index is 12.7. The highest BCUT2D eigenvalue weighted by molar-refractivity contribution is 5.81. The summed E-state index contributed by atoms with van der Waals surface area (Å²) < 4.78 is 39.4. The van der Waals surface area contributed by atoms with Crippen LogP contribution in [0.25, 0.3) is 5.65 Å². The van der Waals surface area contributed by atoms with Gasteiger partial charge in [0.25, 0.3) is 0 Å². The van der Waals surface area contributed by atoms with Gasteiger partial charge in [0.15, 0.2) is 11.5 Å². The molecule has 0 bridgehead atoms. The fourth-order valence-electron chi connectivity index (χ4n) is 2.21. The number of carbonyl (C=O) groups is 1. The molecule has 2 heterocycles. The van der Waals surface area contributed by atoms with Crippen molar-refractivity contribution in [3.63, 3.8) is 0 Å². The molecule has 0 aliphatic heterocycles. The van der Waals surface area contributed by atoms with Crippen LogP contribution in [0.4, 0.5) is 13.2 Å². The summed E-state index contributed by atoms with van der Waals surface area (Å²) in [6, 6.07) is 2.21. The molecule has 2 unspecified atom stereocenters. The van der Waals surface area contributed by atoms with E-state index in [1.807, 2.05) is 6.92 Å². The van der Waals surface area contributed by atoms with Crippen molar-refractivity contribution in [1.82, 2.24) is 19.9 Å². The van der Waals surface area contributed by atoms with Crippen molar-refractivity contribution in [2.24, 2.45) is 11.8 Å². The number of nitrogens with zero attached hydrogens (tertiary/aromatic N) is 3. The van der Waals surface area contributed by atoms with Gasteiger partial charge < -0.3 is 5.32 Å². The Hall–Kier alpha value is -2.12. The monoisotopic (exact) mass is 298 g/mol. The Morgan fingerprint density at radius 3 is 2.76 bits per heavy atom. The lowest BCUT2D eigenvalue weighted by Gasteiger charge is -2.08. The third-order valence-electron chi connectivity index (χ3n) is 3.67. The molecule has 0 radical (unpaired) electrons. The summed E-state index contributed by atoms with van der Waals surface area (Å²) in [5.74, 6) is 0.566. The van der Waals surface area contributed by atoms with Crippen molar-refractivity contribution >= 4 is 11.6 Å². The van der Waals surface area contributed by atoms with Crippen LogP contribution >= 0.6 is 0 Å². The van der Waals surface area contributed by atoms with Crippen molar-refractivity contribution < 1.29 is 18.0 Å². The minimum Gasteiger partial charge on any atom is -0.349 e. The zero-order valence-electron chi connectivity index (χ0n) is 11.2. The first-order valence-corrected chi connectivity index (χ1v) is 6.55. The van der Waals surface area contributed by atoms with Gasteiger partial charge in [0.05, 0.1) is 12.1 Å². The van der Waals surface area contributed by atoms with Crippen LogP contribution in [0.3, 0.4) is 0 Å². The second kappa shape index (κ2) is 4.71. The van der Waals surface area contributed by atoms with Gasteiger partial charge >= 0.3 is 6.18 Å². The van der Waals surface area contributed by atoms with E-state index in [4.69, 9.17) is 0 Å². The first-order chi connectivity index (χ1) is 9.86. The number of amides is 1. The van der Waals surface area contributed by atoms with Gasteiger partial charge in [-0.1, -0.05) is 6.92 Å². The van der Waals surface area contributed by atoms with E-state index in [1.165, 1.54) is 10.5 Å². The highest BCUT2D eigenvalue weighted by Crippen LogP contribution is 2.37. The number of carbonyl (C=O) groups excluding carboxylic acids is 1. The molecule has 5 nitrogen and oxygen atoms in total. The van der Waals surface area contributed by atoms with Crippen LogP contribution < -0.4 is 5.32 Å². The topological polar surface area (TPSA) is 59.3 Å². The quantitative estimate of drug-likeness (QED) is 0.943. The normalized spacial score (nSPS) is 21.5. The molecular formula is C13H13F3N4O. The maximum Gasteiger partial charge on any atom is 0.417 e. The minimum absolute atomic E-state index is 0.00919. The van der Waals surface area contributed by atoms with Gasteiger partial charge in [-0.2, -0.15) is 13.2 Å². The van der Waals surface area contributed by atoms with Gasteiger partial charge in [0.2, 0.25) is 5.91 Å². The number of fused-ring (bicyclic) bond motifs is 1. The van der Waals surface area contributed by atoms with Crippen LogP contribution in [-0.2, 0) is 17.5 Å². The Kier molecular flexibility index (Phi) is 3.11. The van der Waals surface area contributed by atoms with Crippen LogP contribution in [0.1, 0.15) is 24.7 Å². The molecule has 2 atom stereocenters. The number of hydrogen-bond acceptors (Lipinski definition) is 3. The summed E-state index contributed by atoms with van der Waals surface area (Å²) in [5, 5.41) is 10.3. The van der Waals surface area contributed by atoms with E-state index >= 15 is 0 Å². The number of nitrogens with one attached hydrogen (secondary N) is 1. The van der Waals surface area contributed by atoms with E-state index in [0.29, 0.717) is 11.6 Å². The molecule has 1 fully saturated rings. The smallest absolute Gasteiger partial charge is 0.349 e. The Labute approximate surface area is 118 Å². The molecule has 1 aliphatic rings. The van der Waals surface area contributed by atoms with Crippen LogP contribution in [0.15, 0.2) is 18.3 Å². The SMILES string of the molecule is CC1CC1C(=O)NCc1nnc2ccc(C(F)(F)F)cn12. The Balaban J connectivity index is 1.80. The number of aromatic nitrogens is 3. The first kappa shape index (κ1) is 13.8. The maximum absolute atomic E-state index is 12.7. The van der Waals surface area contributed by atoms with Gasteiger partial charge in [-0.25, -0.2) is 0 Å². The van der Waals surface area contributed by atoms with Crippen LogP contribution in [0, 0.1) is 11.8 Å². The molecule has 2 aromatic rings. The zero-order valence-corrected chi connectivity index (χ0v) is 11.2. The van der Waals surface area contributed by atoms with Crippen molar-refractivity contribution in [1.29, 1.82) is 0 Å². The lowest BCUT2D eigenvalue weighted by molar-refractivity contribution is -0.137. The molecule has 1 N–H and O–H groups in total. The van der Waals surface area contributed by atoms with Crippen molar-refractivity contribution in [2.75, 3.05) is 0 Å². The molecule has 3 rings (SSSR count). The lowest BCUT2D eigenvalue weighted by atomic mass is 10.3. The fourth-order valence-corrected chi connectivity index (χ4v) is 2.21. The van der Waals surface area contributed by atoms with Gasteiger partial charge in [-0.15, -0.1) is 10.2 Å². The average molecular weight is 298 g/mol. The molecule has 0 aromatic carbocycles. The molecular weight excluding hydrogens is 285 g/mol. The van der Waals surface area contributed by atoms with Crippen LogP contribution in [0.5, 0.6) is 0 Å². The zero-order chi connectivity index (χ0) is 15.2. The third-order valence-corrected chi connectivity index (χ3v) is 3.67. The minimum atomic E-state index is -4.43. The van der Waals surface area contributed by atoms with E-state index in [9.17, 15) is 18.0 Å². The predicted molar refractivity (Wildman–Crippen MR) is 67.1 cm³/mol. The third kappa shape index (κ3) is 2.70. The largest absolute Gasteiger partial charge is 0.417 e. The summed E-state index contributed by atoms with van der Waals surface area (Å²) in [5.41, 5.74) is -0.467. The standard InChI is InChI=1S/C13H13F3N4O/c1-7-4-9(7)12(21)17-5-11-19-18-10-3-2-8(6-20(10)11)13(14,15)16/h2-3,6-7,9H,4-5H2,1H3,(H,17,21). The van der Waals surface area contributed by atoms with Crippen molar-refractivity contribution in [3.05, 3.63) is 29.7 Å². The van der Waals surface area contributed by atoms with Crippen LogP contribution in [-0.4, -0.2) is 20.5 Å². The van der Waals surface area contributed by atoms with Crippen molar-refractivity contribution in [2.45, 2.75) is 26.1 Å². The number of hydrogen-bond donors (Lipinski definition) is 1. The van der Waals surface area contributed by atoms with Gasteiger partial charge in [0, 0.05) is 12.1 Å². The summed E-state index contributed by atoms with van der Waals surface area (Å²) in [6.45, 7) is 2.04. The second-order valence-electron chi connectivity index (χ2n) is 5.30. The predicted octanol–water partition coefficient (Wildman–Crippen LogP) is 2.02. The van der Waals surface area contributed by atoms with E-state index in [1.54, 1.807) is 0 Å². The Bertz CT molecular complexity index is 694. The summed E-state index contributed by atoms with van der Waals surface area (Å²) >= 11 is 0. The molecule has 112 valence electrons. The summed E-state index contributed by atoms with van der Waals surface area (Å²) in [6.07, 6.45) is -2.64. The van der Waals surface area contributed by atoms with Gasteiger partial charge in [-0.3, -0.25) is 9.20 Å². The van der Waals surface area contributed by atoms with Gasteiger partial charge in [0.1, 0.15) is 0 Å². The first-order valence-electron chi connectivity index (χ1n) is 6.55. The molecule has 0 saturated heterocycles. The lowest BCUT2D eigenvalue weighted by Crippen LogP contribution is -2.26. The number of halogens is 3. The Morgan fingerprint density at radius 2 is 2.14 bits per heavy atom. The van der Waals surface area contributed by atoms with E-state index < -0.39 is 11.7 Å². The number of alkyl halides is 3. The molecule has 0 spiro atoms. The molecule has 2 aromatic heterocycles. The summed E-state index contributed by atoms with van der Waals surface area (Å²) in [7, 11) is 0. The average Bonchev–Trinajstić information content (AvgIpc) is 3.01. The molecule has 1 saturated carbocycles. The highest BCUT2D eigenvalue weighted by atomic mass is 19.4. The molecule has 1 amide bonds. The van der Waals surface area contributed by atoms with E-state index in [-0.39, 0.29) is 24.2 Å². The molecule has 1 aliphatic carbocycles. The number of pyridine rings is 1.